The zero-order valence-electron chi connectivity index (χ0n) is 12.7. The van der Waals surface area contributed by atoms with E-state index in [1.165, 1.54) is 6.08 Å². The molecule has 2 rings (SSSR count). The first-order chi connectivity index (χ1) is 10.9. The van der Waals surface area contributed by atoms with E-state index in [2.05, 4.69) is 11.9 Å². The standard InChI is InChI=1S/C17H19F2NO3/c1-2-15(21)20-11-12-3-5-13(6-4-12)16(22)23-14-7-9-17(18,19)10-8-14/h2-6,14H,1,7-11H2,(H,20,21). The van der Waals surface area contributed by atoms with Crippen LogP contribution in [-0.4, -0.2) is 23.9 Å². The summed E-state index contributed by atoms with van der Waals surface area (Å²) in [7, 11) is 0. The molecule has 124 valence electrons. The molecule has 0 saturated heterocycles. The lowest BCUT2D eigenvalue weighted by atomic mass is 9.94. The predicted octanol–water partition coefficient (Wildman–Crippen LogP) is 3.22. The number of nitrogens with one attached hydrogen (secondary N) is 1. The number of hydrogen-bond acceptors (Lipinski definition) is 3. The van der Waals surface area contributed by atoms with Crippen LogP contribution in [0.1, 0.15) is 41.6 Å². The zero-order valence-corrected chi connectivity index (χ0v) is 12.7. The molecule has 4 nitrogen and oxygen atoms in total. The van der Waals surface area contributed by atoms with E-state index < -0.39 is 18.0 Å². The smallest absolute Gasteiger partial charge is 0.338 e. The Labute approximate surface area is 133 Å². The number of alkyl halides is 2. The Morgan fingerprint density at radius 3 is 2.43 bits per heavy atom. The minimum absolute atomic E-state index is 0.185. The summed E-state index contributed by atoms with van der Waals surface area (Å²) >= 11 is 0. The van der Waals surface area contributed by atoms with Crippen LogP contribution in [0.2, 0.25) is 0 Å². The molecular formula is C17H19F2NO3. The van der Waals surface area contributed by atoms with Gasteiger partial charge in [-0.2, -0.15) is 0 Å². The normalized spacial score (nSPS) is 17.3. The number of halogens is 2. The molecule has 0 heterocycles. The minimum atomic E-state index is -2.64. The molecule has 1 fully saturated rings. The third-order valence-electron chi connectivity index (χ3n) is 3.78. The number of hydrogen-bond donors (Lipinski definition) is 1. The van der Waals surface area contributed by atoms with Crippen molar-refractivity contribution in [3.8, 4) is 0 Å². The highest BCUT2D eigenvalue weighted by atomic mass is 19.3. The molecule has 1 aromatic rings. The second-order valence-electron chi connectivity index (χ2n) is 5.58. The van der Waals surface area contributed by atoms with Crippen molar-refractivity contribution >= 4 is 11.9 Å². The summed E-state index contributed by atoms with van der Waals surface area (Å²) in [6, 6.07) is 6.59. The molecule has 1 saturated carbocycles. The van der Waals surface area contributed by atoms with E-state index in [-0.39, 0.29) is 31.6 Å². The van der Waals surface area contributed by atoms with Crippen molar-refractivity contribution < 1.29 is 23.1 Å². The minimum Gasteiger partial charge on any atom is -0.459 e. The van der Waals surface area contributed by atoms with E-state index in [9.17, 15) is 18.4 Å². The summed E-state index contributed by atoms with van der Waals surface area (Å²) in [5.41, 5.74) is 1.19. The number of benzene rings is 1. The van der Waals surface area contributed by atoms with E-state index in [1.807, 2.05) is 0 Å². The van der Waals surface area contributed by atoms with E-state index in [0.29, 0.717) is 12.1 Å². The van der Waals surface area contributed by atoms with Gasteiger partial charge in [0, 0.05) is 19.4 Å². The number of rotatable bonds is 5. The van der Waals surface area contributed by atoms with E-state index in [1.54, 1.807) is 24.3 Å². The zero-order chi connectivity index (χ0) is 16.9. The molecule has 0 unspecified atom stereocenters. The van der Waals surface area contributed by atoms with Crippen molar-refractivity contribution in [2.75, 3.05) is 0 Å². The largest absolute Gasteiger partial charge is 0.459 e. The lowest BCUT2D eigenvalue weighted by Crippen LogP contribution is -2.30. The van der Waals surface area contributed by atoms with Crippen molar-refractivity contribution in [1.29, 1.82) is 0 Å². The predicted molar refractivity (Wildman–Crippen MR) is 81.1 cm³/mol. The van der Waals surface area contributed by atoms with Crippen LogP contribution in [-0.2, 0) is 16.1 Å². The molecule has 0 bridgehead atoms. The second kappa shape index (κ2) is 7.35. The Bertz CT molecular complexity index is 574. The molecule has 0 aromatic heterocycles. The SMILES string of the molecule is C=CC(=O)NCc1ccc(C(=O)OC2CCC(F)(F)CC2)cc1. The fourth-order valence-corrected chi connectivity index (χ4v) is 2.37. The van der Waals surface area contributed by atoms with Crippen LogP contribution in [0.4, 0.5) is 8.78 Å². The summed E-state index contributed by atoms with van der Waals surface area (Å²) in [6.07, 6.45) is 0.613. The molecule has 23 heavy (non-hydrogen) atoms. The van der Waals surface area contributed by atoms with Gasteiger partial charge in [-0.1, -0.05) is 18.7 Å². The first-order valence-corrected chi connectivity index (χ1v) is 7.48. The summed E-state index contributed by atoms with van der Waals surface area (Å²) in [4.78, 5) is 23.1. The van der Waals surface area contributed by atoms with Gasteiger partial charge in [-0.15, -0.1) is 0 Å². The van der Waals surface area contributed by atoms with Crippen LogP contribution < -0.4 is 5.32 Å². The Morgan fingerprint density at radius 1 is 1.26 bits per heavy atom. The Balaban J connectivity index is 1.85. The topological polar surface area (TPSA) is 55.4 Å². The highest BCUT2D eigenvalue weighted by molar-refractivity contribution is 5.89. The maximum absolute atomic E-state index is 13.1. The van der Waals surface area contributed by atoms with Crippen LogP contribution in [0.25, 0.3) is 0 Å². The number of ether oxygens (including phenoxy) is 1. The van der Waals surface area contributed by atoms with Gasteiger partial charge in [0.2, 0.25) is 11.8 Å². The molecule has 1 amide bonds. The third kappa shape index (κ3) is 5.16. The molecule has 6 heteroatoms. The van der Waals surface area contributed by atoms with E-state index >= 15 is 0 Å². The maximum atomic E-state index is 13.1. The quantitative estimate of drug-likeness (QED) is 0.668. The Kier molecular flexibility index (Phi) is 5.47. The summed E-state index contributed by atoms with van der Waals surface area (Å²) < 4.78 is 31.4. The monoisotopic (exact) mass is 323 g/mol. The average Bonchev–Trinajstić information content (AvgIpc) is 2.55. The van der Waals surface area contributed by atoms with Crippen LogP contribution in [0.5, 0.6) is 0 Å². The van der Waals surface area contributed by atoms with Gasteiger partial charge in [0.15, 0.2) is 0 Å². The molecule has 1 aromatic carbocycles. The first kappa shape index (κ1) is 17.1. The third-order valence-corrected chi connectivity index (χ3v) is 3.78. The number of carbonyl (C=O) groups excluding carboxylic acids is 2. The average molecular weight is 323 g/mol. The summed E-state index contributed by atoms with van der Waals surface area (Å²) in [5, 5.41) is 2.63. The molecule has 0 spiro atoms. The van der Waals surface area contributed by atoms with Crippen LogP contribution in [0, 0.1) is 0 Å². The van der Waals surface area contributed by atoms with Crippen molar-refractivity contribution in [1.82, 2.24) is 5.32 Å². The summed E-state index contributed by atoms with van der Waals surface area (Å²) in [6.45, 7) is 3.69. The highest BCUT2D eigenvalue weighted by Crippen LogP contribution is 2.34. The van der Waals surface area contributed by atoms with Gasteiger partial charge in [-0.25, -0.2) is 13.6 Å². The van der Waals surface area contributed by atoms with E-state index in [0.717, 1.165) is 5.56 Å². The van der Waals surface area contributed by atoms with Gasteiger partial charge in [-0.05, 0) is 36.6 Å². The van der Waals surface area contributed by atoms with Gasteiger partial charge in [-0.3, -0.25) is 4.79 Å². The Hall–Kier alpha value is -2.24. The fraction of sp³-hybridized carbons (Fsp3) is 0.412. The molecule has 0 atom stereocenters. The second-order valence-corrected chi connectivity index (χ2v) is 5.58. The van der Waals surface area contributed by atoms with E-state index in [4.69, 9.17) is 4.74 Å². The lowest BCUT2D eigenvalue weighted by molar-refractivity contribution is -0.116. The summed E-state index contributed by atoms with van der Waals surface area (Å²) in [5.74, 6) is -3.43. The van der Waals surface area contributed by atoms with Crippen molar-refractivity contribution in [2.45, 2.75) is 44.3 Å². The maximum Gasteiger partial charge on any atom is 0.338 e. The van der Waals surface area contributed by atoms with Gasteiger partial charge in [0.05, 0.1) is 5.56 Å². The molecule has 0 aliphatic heterocycles. The van der Waals surface area contributed by atoms with Gasteiger partial charge in [0.25, 0.3) is 0 Å². The Morgan fingerprint density at radius 2 is 1.87 bits per heavy atom. The molecule has 0 radical (unpaired) electrons. The molecular weight excluding hydrogens is 304 g/mol. The highest BCUT2D eigenvalue weighted by Gasteiger charge is 2.36. The first-order valence-electron chi connectivity index (χ1n) is 7.48. The van der Waals surface area contributed by atoms with Gasteiger partial charge in [0.1, 0.15) is 6.10 Å². The van der Waals surface area contributed by atoms with Crippen LogP contribution >= 0.6 is 0 Å². The van der Waals surface area contributed by atoms with Crippen LogP contribution in [0.15, 0.2) is 36.9 Å². The van der Waals surface area contributed by atoms with Crippen molar-refractivity contribution in [3.63, 3.8) is 0 Å². The molecule has 1 aliphatic rings. The fourth-order valence-electron chi connectivity index (χ4n) is 2.37. The van der Waals surface area contributed by atoms with Gasteiger partial charge < -0.3 is 10.1 Å². The van der Waals surface area contributed by atoms with Crippen LogP contribution in [0.3, 0.4) is 0 Å². The molecule has 1 N–H and O–H groups in total. The number of amides is 1. The number of carbonyl (C=O) groups is 2. The van der Waals surface area contributed by atoms with Crippen molar-refractivity contribution in [2.24, 2.45) is 0 Å². The number of esters is 1. The molecule has 1 aliphatic carbocycles. The van der Waals surface area contributed by atoms with Gasteiger partial charge >= 0.3 is 5.97 Å². The van der Waals surface area contributed by atoms with Crippen molar-refractivity contribution in [3.05, 3.63) is 48.0 Å². The lowest BCUT2D eigenvalue weighted by Gasteiger charge is -2.27.